The van der Waals surface area contributed by atoms with Crippen molar-refractivity contribution >= 4 is 0 Å². The Labute approximate surface area is 83.1 Å². The van der Waals surface area contributed by atoms with Crippen molar-refractivity contribution in [1.82, 2.24) is 0 Å². The topological polar surface area (TPSA) is 23.8 Å². The zero-order valence-electron chi connectivity index (χ0n) is 9.34. The van der Waals surface area contributed by atoms with E-state index in [0.717, 1.165) is 18.8 Å². The van der Waals surface area contributed by atoms with E-state index in [0.29, 0.717) is 0 Å². The van der Waals surface area contributed by atoms with Crippen molar-refractivity contribution in [2.24, 2.45) is 11.8 Å². The third kappa shape index (κ3) is 6.63. The summed E-state index contributed by atoms with van der Waals surface area (Å²) in [7, 11) is 0. The van der Waals surface area contributed by atoms with Crippen molar-refractivity contribution in [2.75, 3.05) is 0 Å². The van der Waals surface area contributed by atoms with Crippen molar-refractivity contribution in [3.8, 4) is 6.07 Å². The average Bonchev–Trinajstić information content (AvgIpc) is 2.14. The van der Waals surface area contributed by atoms with E-state index in [4.69, 9.17) is 5.26 Å². The maximum atomic E-state index is 8.80. The van der Waals surface area contributed by atoms with Gasteiger partial charge in [0.15, 0.2) is 0 Å². The van der Waals surface area contributed by atoms with Crippen LogP contribution in [0.15, 0.2) is 0 Å². The van der Waals surface area contributed by atoms with Crippen molar-refractivity contribution in [3.05, 3.63) is 0 Å². The third-order valence-electron chi connectivity index (χ3n) is 2.66. The van der Waals surface area contributed by atoms with Crippen LogP contribution in [0.25, 0.3) is 0 Å². The van der Waals surface area contributed by atoms with Gasteiger partial charge in [0.05, 0.1) is 6.07 Å². The van der Waals surface area contributed by atoms with Gasteiger partial charge in [-0.3, -0.25) is 0 Å². The van der Waals surface area contributed by atoms with E-state index in [1.54, 1.807) is 0 Å². The monoisotopic (exact) mass is 181 g/mol. The van der Waals surface area contributed by atoms with E-state index in [9.17, 15) is 0 Å². The summed E-state index contributed by atoms with van der Waals surface area (Å²) < 4.78 is 0. The summed E-state index contributed by atoms with van der Waals surface area (Å²) in [5.74, 6) is 1.02. The predicted octanol–water partition coefficient (Wildman–Crippen LogP) is 4.14. The molecule has 1 nitrogen and oxygen atoms in total. The lowest BCUT2D eigenvalue weighted by atomic mass is 9.91. The first-order valence-electron chi connectivity index (χ1n) is 5.64. The first-order valence-corrected chi connectivity index (χ1v) is 5.64. The summed E-state index contributed by atoms with van der Waals surface area (Å²) in [6.07, 6.45) is 7.37. The fourth-order valence-electron chi connectivity index (χ4n) is 1.66. The van der Waals surface area contributed by atoms with Gasteiger partial charge >= 0.3 is 0 Å². The smallest absolute Gasteiger partial charge is 0.0655 e. The minimum absolute atomic E-state index is 0.289. The maximum absolute atomic E-state index is 8.80. The van der Waals surface area contributed by atoms with Crippen LogP contribution in [0.5, 0.6) is 0 Å². The molecule has 0 aromatic heterocycles. The van der Waals surface area contributed by atoms with Crippen molar-refractivity contribution in [1.29, 1.82) is 5.26 Å². The van der Waals surface area contributed by atoms with Gasteiger partial charge in [-0.15, -0.1) is 0 Å². The van der Waals surface area contributed by atoms with Gasteiger partial charge in [0.1, 0.15) is 0 Å². The number of unbranched alkanes of at least 4 members (excludes halogenated alkanes) is 2. The summed E-state index contributed by atoms with van der Waals surface area (Å²) in [5, 5.41) is 8.80. The Kier molecular flexibility index (Phi) is 7.79. The van der Waals surface area contributed by atoms with E-state index >= 15 is 0 Å². The van der Waals surface area contributed by atoms with Gasteiger partial charge in [-0.1, -0.05) is 46.5 Å². The number of hydrogen-bond donors (Lipinski definition) is 0. The molecule has 0 radical (unpaired) electrons. The molecule has 13 heavy (non-hydrogen) atoms. The molecule has 0 bridgehead atoms. The van der Waals surface area contributed by atoms with Gasteiger partial charge in [0, 0.05) is 5.92 Å². The number of nitrogens with zero attached hydrogens (tertiary/aromatic N) is 1. The molecule has 0 amide bonds. The lowest BCUT2D eigenvalue weighted by Crippen LogP contribution is -2.03. The van der Waals surface area contributed by atoms with Crippen LogP contribution in [0.4, 0.5) is 0 Å². The highest BCUT2D eigenvalue weighted by Crippen LogP contribution is 2.19. The summed E-state index contributed by atoms with van der Waals surface area (Å²) >= 11 is 0. The molecule has 2 unspecified atom stereocenters. The highest BCUT2D eigenvalue weighted by Gasteiger charge is 2.09. The molecule has 0 aromatic rings. The lowest BCUT2D eigenvalue weighted by molar-refractivity contribution is 0.405. The Morgan fingerprint density at radius 1 is 1.23 bits per heavy atom. The van der Waals surface area contributed by atoms with Crippen molar-refractivity contribution in [3.63, 3.8) is 0 Å². The van der Waals surface area contributed by atoms with Gasteiger partial charge in [-0.25, -0.2) is 0 Å². The van der Waals surface area contributed by atoms with E-state index in [1.807, 2.05) is 0 Å². The predicted molar refractivity (Wildman–Crippen MR) is 57.3 cm³/mol. The standard InChI is InChI=1S/C12H23N/c1-4-6-7-8-11(3)9-12(5-2)10-13/h11-12H,4-9H2,1-3H3. The van der Waals surface area contributed by atoms with Crippen LogP contribution in [-0.2, 0) is 0 Å². The molecule has 0 N–H and O–H groups in total. The largest absolute Gasteiger partial charge is 0.198 e. The Bertz CT molecular complexity index is 146. The molecule has 0 spiro atoms. The van der Waals surface area contributed by atoms with Crippen LogP contribution >= 0.6 is 0 Å². The number of nitriles is 1. The van der Waals surface area contributed by atoms with Crippen LogP contribution in [0.1, 0.15) is 59.3 Å². The zero-order chi connectivity index (χ0) is 10.1. The molecular formula is C12H23N. The zero-order valence-corrected chi connectivity index (χ0v) is 9.34. The van der Waals surface area contributed by atoms with Crippen LogP contribution in [0.3, 0.4) is 0 Å². The highest BCUT2D eigenvalue weighted by atomic mass is 14.3. The molecule has 76 valence electrons. The highest BCUT2D eigenvalue weighted by molar-refractivity contribution is 4.82. The Morgan fingerprint density at radius 2 is 1.92 bits per heavy atom. The molecule has 0 aliphatic heterocycles. The fraction of sp³-hybridized carbons (Fsp3) is 0.917. The van der Waals surface area contributed by atoms with Gasteiger partial charge < -0.3 is 0 Å². The molecule has 0 rings (SSSR count). The summed E-state index contributed by atoms with van der Waals surface area (Å²) in [6.45, 7) is 6.61. The lowest BCUT2D eigenvalue weighted by Gasteiger charge is -2.13. The third-order valence-corrected chi connectivity index (χ3v) is 2.66. The quantitative estimate of drug-likeness (QED) is 0.541. The Morgan fingerprint density at radius 3 is 2.38 bits per heavy atom. The van der Waals surface area contributed by atoms with Crippen LogP contribution in [-0.4, -0.2) is 0 Å². The molecule has 0 saturated carbocycles. The Balaban J connectivity index is 3.49. The first kappa shape index (κ1) is 12.5. The van der Waals surface area contributed by atoms with Crippen molar-refractivity contribution < 1.29 is 0 Å². The second-order valence-electron chi connectivity index (χ2n) is 4.07. The number of hydrogen-bond acceptors (Lipinski definition) is 1. The van der Waals surface area contributed by atoms with Gasteiger partial charge in [0.25, 0.3) is 0 Å². The minimum atomic E-state index is 0.289. The van der Waals surface area contributed by atoms with E-state index in [2.05, 4.69) is 26.8 Å². The fourth-order valence-corrected chi connectivity index (χ4v) is 1.66. The van der Waals surface area contributed by atoms with Crippen LogP contribution in [0.2, 0.25) is 0 Å². The minimum Gasteiger partial charge on any atom is -0.198 e. The maximum Gasteiger partial charge on any atom is 0.0655 e. The van der Waals surface area contributed by atoms with Gasteiger partial charge in [0.2, 0.25) is 0 Å². The molecule has 0 saturated heterocycles. The van der Waals surface area contributed by atoms with Gasteiger partial charge in [-0.2, -0.15) is 5.26 Å². The van der Waals surface area contributed by atoms with Gasteiger partial charge in [-0.05, 0) is 18.8 Å². The molecule has 0 aliphatic rings. The van der Waals surface area contributed by atoms with E-state index in [-0.39, 0.29) is 5.92 Å². The first-order chi connectivity index (χ1) is 6.24. The molecular weight excluding hydrogens is 158 g/mol. The Hall–Kier alpha value is -0.510. The summed E-state index contributed by atoms with van der Waals surface area (Å²) in [4.78, 5) is 0. The normalized spacial score (nSPS) is 14.9. The second-order valence-corrected chi connectivity index (χ2v) is 4.07. The van der Waals surface area contributed by atoms with E-state index in [1.165, 1.54) is 25.7 Å². The molecule has 0 aliphatic carbocycles. The molecule has 0 fully saturated rings. The molecule has 1 heteroatoms. The molecule has 0 aromatic carbocycles. The SMILES string of the molecule is CCCCCC(C)CC(C#N)CC. The average molecular weight is 181 g/mol. The second kappa shape index (κ2) is 8.10. The molecule has 2 atom stereocenters. The van der Waals surface area contributed by atoms with Crippen molar-refractivity contribution in [2.45, 2.75) is 59.3 Å². The summed E-state index contributed by atoms with van der Waals surface area (Å²) in [6, 6.07) is 2.37. The molecule has 0 heterocycles. The number of rotatable bonds is 7. The van der Waals surface area contributed by atoms with Crippen LogP contribution in [0, 0.1) is 23.2 Å². The van der Waals surface area contributed by atoms with E-state index < -0.39 is 0 Å². The van der Waals surface area contributed by atoms with Crippen LogP contribution < -0.4 is 0 Å². The summed E-state index contributed by atoms with van der Waals surface area (Å²) in [5.41, 5.74) is 0.